The summed E-state index contributed by atoms with van der Waals surface area (Å²) in [6.45, 7) is 3.77. The summed E-state index contributed by atoms with van der Waals surface area (Å²) in [4.78, 5) is 21.4. The number of nitro groups is 1. The molecule has 0 unspecified atom stereocenters. The van der Waals surface area contributed by atoms with E-state index in [1.165, 1.54) is 13.2 Å². The van der Waals surface area contributed by atoms with Crippen molar-refractivity contribution in [2.45, 2.75) is 25.9 Å². The van der Waals surface area contributed by atoms with Gasteiger partial charge in [0, 0.05) is 18.0 Å². The molecule has 94 valence electrons. The molecule has 1 aromatic rings. The normalized spacial score (nSPS) is 11.2. The van der Waals surface area contributed by atoms with Crippen LogP contribution >= 0.6 is 11.3 Å². The number of thiophene rings is 1. The third-order valence-electron chi connectivity index (χ3n) is 2.25. The van der Waals surface area contributed by atoms with E-state index in [0.29, 0.717) is 6.54 Å². The smallest absolute Gasteiger partial charge is 0.325 e. The summed E-state index contributed by atoms with van der Waals surface area (Å²) in [6, 6.07) is 1.49. The van der Waals surface area contributed by atoms with Gasteiger partial charge < -0.3 is 4.74 Å². The predicted octanol–water partition coefficient (Wildman–Crippen LogP) is 1.70. The minimum Gasteiger partial charge on any atom is -0.468 e. The minimum atomic E-state index is -0.814. The molecule has 0 radical (unpaired) electrons. The Morgan fingerprint density at radius 3 is 2.76 bits per heavy atom. The fourth-order valence-corrected chi connectivity index (χ4v) is 1.93. The van der Waals surface area contributed by atoms with E-state index in [9.17, 15) is 14.9 Å². The maximum atomic E-state index is 11.4. The van der Waals surface area contributed by atoms with Gasteiger partial charge in [0.2, 0.25) is 0 Å². The van der Waals surface area contributed by atoms with Crippen molar-refractivity contribution < 1.29 is 14.5 Å². The molecule has 0 saturated heterocycles. The molecule has 1 aromatic heterocycles. The van der Waals surface area contributed by atoms with Crippen molar-refractivity contribution in [2.75, 3.05) is 7.11 Å². The Labute approximate surface area is 103 Å². The first-order chi connectivity index (χ1) is 7.86. The molecule has 6 nitrogen and oxygen atoms in total. The first kappa shape index (κ1) is 13.6. The number of nitrogens with zero attached hydrogens (tertiary/aromatic N) is 1. The van der Waals surface area contributed by atoms with Gasteiger partial charge >= 0.3 is 11.0 Å². The molecule has 0 aliphatic rings. The van der Waals surface area contributed by atoms with Crippen LogP contribution in [0.3, 0.4) is 0 Å². The van der Waals surface area contributed by atoms with E-state index in [4.69, 9.17) is 0 Å². The summed E-state index contributed by atoms with van der Waals surface area (Å²) in [5.74, 6) is -0.373. The molecular weight excluding hydrogens is 244 g/mol. The van der Waals surface area contributed by atoms with E-state index in [1.54, 1.807) is 19.2 Å². The molecule has 17 heavy (non-hydrogen) atoms. The molecule has 0 spiro atoms. The van der Waals surface area contributed by atoms with E-state index < -0.39 is 10.5 Å². The lowest BCUT2D eigenvalue weighted by molar-refractivity contribution is -0.380. The highest BCUT2D eigenvalue weighted by Crippen LogP contribution is 2.22. The molecule has 1 heterocycles. The van der Waals surface area contributed by atoms with Gasteiger partial charge in [0.15, 0.2) is 0 Å². The van der Waals surface area contributed by atoms with Gasteiger partial charge in [0.1, 0.15) is 5.54 Å². The zero-order valence-corrected chi connectivity index (χ0v) is 10.7. The summed E-state index contributed by atoms with van der Waals surface area (Å²) < 4.78 is 4.64. The van der Waals surface area contributed by atoms with Crippen LogP contribution in [-0.2, 0) is 16.1 Å². The number of rotatable bonds is 5. The SMILES string of the molecule is COC(=O)C(C)(C)NCc1csc([N+](=O)[O-])c1. The molecule has 1 N–H and O–H groups in total. The predicted molar refractivity (Wildman–Crippen MR) is 63.9 cm³/mol. The molecule has 0 aliphatic carbocycles. The quantitative estimate of drug-likeness (QED) is 0.494. The maximum Gasteiger partial charge on any atom is 0.325 e. The third-order valence-corrected chi connectivity index (χ3v) is 3.18. The first-order valence-corrected chi connectivity index (χ1v) is 5.80. The van der Waals surface area contributed by atoms with E-state index in [1.807, 2.05) is 0 Å². The molecular formula is C10H14N2O4S. The molecule has 1 rings (SSSR count). The highest BCUT2D eigenvalue weighted by atomic mass is 32.1. The number of methoxy groups -OCH3 is 1. The van der Waals surface area contributed by atoms with Gasteiger partial charge in [-0.2, -0.15) is 0 Å². The molecule has 0 saturated carbocycles. The van der Waals surface area contributed by atoms with Crippen molar-refractivity contribution in [3.8, 4) is 0 Å². The maximum absolute atomic E-state index is 11.4. The fourth-order valence-electron chi connectivity index (χ4n) is 1.20. The number of nitrogens with one attached hydrogen (secondary N) is 1. The Hall–Kier alpha value is -1.47. The lowest BCUT2D eigenvalue weighted by Gasteiger charge is -2.22. The molecule has 7 heteroatoms. The van der Waals surface area contributed by atoms with Crippen LogP contribution in [0.15, 0.2) is 11.4 Å². The molecule has 0 aromatic carbocycles. The summed E-state index contributed by atoms with van der Waals surface area (Å²) >= 11 is 1.07. The molecule has 0 bridgehead atoms. The Bertz CT molecular complexity index is 428. The van der Waals surface area contributed by atoms with Crippen molar-refractivity contribution in [3.63, 3.8) is 0 Å². The lowest BCUT2D eigenvalue weighted by atomic mass is 10.1. The number of esters is 1. The second-order valence-electron chi connectivity index (χ2n) is 4.02. The number of ether oxygens (including phenoxy) is 1. The van der Waals surface area contributed by atoms with Gasteiger partial charge in [-0.05, 0) is 19.4 Å². The van der Waals surface area contributed by atoms with Crippen molar-refractivity contribution in [1.29, 1.82) is 0 Å². The van der Waals surface area contributed by atoms with Crippen LogP contribution < -0.4 is 5.32 Å². The monoisotopic (exact) mass is 258 g/mol. The van der Waals surface area contributed by atoms with E-state index in [2.05, 4.69) is 10.1 Å². The average molecular weight is 258 g/mol. The van der Waals surface area contributed by atoms with Gasteiger partial charge in [0.05, 0.1) is 12.0 Å². The van der Waals surface area contributed by atoms with Crippen LogP contribution in [0.1, 0.15) is 19.4 Å². The Morgan fingerprint density at radius 1 is 1.65 bits per heavy atom. The van der Waals surface area contributed by atoms with Crippen LogP contribution in [-0.4, -0.2) is 23.5 Å². The van der Waals surface area contributed by atoms with Crippen LogP contribution in [0.25, 0.3) is 0 Å². The van der Waals surface area contributed by atoms with Gasteiger partial charge in [0.25, 0.3) is 0 Å². The van der Waals surface area contributed by atoms with Crippen LogP contribution in [0.5, 0.6) is 0 Å². The van der Waals surface area contributed by atoms with Crippen molar-refractivity contribution >= 4 is 22.3 Å². The Morgan fingerprint density at radius 2 is 2.29 bits per heavy atom. The van der Waals surface area contributed by atoms with Crippen LogP contribution in [0, 0.1) is 10.1 Å². The van der Waals surface area contributed by atoms with E-state index in [0.717, 1.165) is 16.9 Å². The third kappa shape index (κ3) is 3.50. The zero-order chi connectivity index (χ0) is 13.1. The minimum absolute atomic E-state index is 0.0951. The number of hydrogen-bond acceptors (Lipinski definition) is 6. The largest absolute Gasteiger partial charge is 0.468 e. The molecule has 0 fully saturated rings. The summed E-state index contributed by atoms with van der Waals surface area (Å²) in [5, 5.41) is 15.3. The average Bonchev–Trinajstić information content (AvgIpc) is 2.74. The lowest BCUT2D eigenvalue weighted by Crippen LogP contribution is -2.46. The van der Waals surface area contributed by atoms with Gasteiger partial charge in [-0.3, -0.25) is 20.2 Å². The number of hydrogen-bond donors (Lipinski definition) is 1. The molecule has 0 aliphatic heterocycles. The number of carbonyl (C=O) groups is 1. The topological polar surface area (TPSA) is 81.5 Å². The summed E-state index contributed by atoms with van der Waals surface area (Å²) in [7, 11) is 1.32. The standard InChI is InChI=1S/C10H14N2O4S/c1-10(2,9(13)16-3)11-5-7-4-8(12(14)15)17-6-7/h4,6,11H,5H2,1-3H3. The fraction of sp³-hybridized carbons (Fsp3) is 0.500. The van der Waals surface area contributed by atoms with E-state index in [-0.39, 0.29) is 11.0 Å². The second kappa shape index (κ2) is 5.24. The van der Waals surface area contributed by atoms with Crippen LogP contribution in [0.2, 0.25) is 0 Å². The Kier molecular flexibility index (Phi) is 4.19. The highest BCUT2D eigenvalue weighted by Gasteiger charge is 2.27. The van der Waals surface area contributed by atoms with Crippen molar-refractivity contribution in [3.05, 3.63) is 27.1 Å². The second-order valence-corrected chi connectivity index (χ2v) is 4.91. The zero-order valence-electron chi connectivity index (χ0n) is 9.85. The summed E-state index contributed by atoms with van der Waals surface area (Å²) in [6.07, 6.45) is 0. The van der Waals surface area contributed by atoms with Gasteiger partial charge in [-0.15, -0.1) is 0 Å². The van der Waals surface area contributed by atoms with Gasteiger partial charge in [-0.1, -0.05) is 11.3 Å². The van der Waals surface area contributed by atoms with Crippen molar-refractivity contribution in [2.24, 2.45) is 0 Å². The highest BCUT2D eigenvalue weighted by molar-refractivity contribution is 7.13. The van der Waals surface area contributed by atoms with E-state index >= 15 is 0 Å². The van der Waals surface area contributed by atoms with Crippen LogP contribution in [0.4, 0.5) is 5.00 Å². The molecule has 0 amide bonds. The van der Waals surface area contributed by atoms with Gasteiger partial charge in [-0.25, -0.2) is 0 Å². The summed E-state index contributed by atoms with van der Waals surface area (Å²) in [5.41, 5.74) is -0.0375. The molecule has 0 atom stereocenters. The first-order valence-electron chi connectivity index (χ1n) is 4.92. The van der Waals surface area contributed by atoms with Crippen molar-refractivity contribution in [1.82, 2.24) is 5.32 Å². The number of carbonyl (C=O) groups excluding carboxylic acids is 1. The Balaban J connectivity index is 2.61.